The third-order valence-corrected chi connectivity index (χ3v) is 7.84. The normalized spacial score (nSPS) is 19.8. The molecule has 0 saturated heterocycles. The van der Waals surface area contributed by atoms with Crippen LogP contribution in [0.5, 0.6) is 0 Å². The summed E-state index contributed by atoms with van der Waals surface area (Å²) in [6, 6.07) is 13.7. The summed E-state index contributed by atoms with van der Waals surface area (Å²) in [7, 11) is 1.80. The molecule has 1 aromatic carbocycles. The number of carbonyl (C=O) groups excluding carboxylic acids is 1. The van der Waals surface area contributed by atoms with Gasteiger partial charge >= 0.3 is 5.69 Å². The van der Waals surface area contributed by atoms with E-state index in [0.717, 1.165) is 47.0 Å². The minimum Gasteiger partial charge on any atom is -0.349 e. The second kappa shape index (κ2) is 9.12. The van der Waals surface area contributed by atoms with Crippen molar-refractivity contribution in [3.05, 3.63) is 70.4 Å². The van der Waals surface area contributed by atoms with Gasteiger partial charge in [-0.2, -0.15) is 0 Å². The number of nitrogens with zero attached hydrogens (tertiary/aromatic N) is 4. The summed E-state index contributed by atoms with van der Waals surface area (Å²) in [4.78, 5) is 35.8. The van der Waals surface area contributed by atoms with E-state index in [1.165, 1.54) is 0 Å². The number of aryl methyl sites for hydroxylation is 1. The molecule has 1 amide bonds. The Bertz CT molecular complexity index is 1530. The van der Waals surface area contributed by atoms with Crippen LogP contribution in [0.15, 0.2) is 53.5 Å². The lowest BCUT2D eigenvalue weighted by molar-refractivity contribution is 0.0838. The number of rotatable bonds is 4. The number of pyridine rings is 2. The van der Waals surface area contributed by atoms with Crippen molar-refractivity contribution in [2.45, 2.75) is 72.4 Å². The molecule has 1 saturated carbocycles. The Balaban J connectivity index is 1.42. The quantitative estimate of drug-likeness (QED) is 0.406. The van der Waals surface area contributed by atoms with Crippen molar-refractivity contribution in [2.24, 2.45) is 17.9 Å². The summed E-state index contributed by atoms with van der Waals surface area (Å²) in [5, 5.41) is 4.29. The molecule has 0 aliphatic heterocycles. The second-order valence-electron chi connectivity index (χ2n) is 12.4. The van der Waals surface area contributed by atoms with E-state index >= 15 is 0 Å². The van der Waals surface area contributed by atoms with Crippen molar-refractivity contribution in [3.8, 4) is 0 Å². The van der Waals surface area contributed by atoms with E-state index < -0.39 is 0 Å². The van der Waals surface area contributed by atoms with Gasteiger partial charge in [0.15, 0.2) is 5.65 Å². The first-order chi connectivity index (χ1) is 17.4. The highest BCUT2D eigenvalue weighted by Gasteiger charge is 2.38. The fraction of sp³-hybridized carbons (Fsp3) is 0.467. The van der Waals surface area contributed by atoms with Crippen LogP contribution in [0.1, 0.15) is 75.9 Å². The number of imidazole rings is 1. The number of nitrogens with one attached hydrogen (secondary N) is 1. The van der Waals surface area contributed by atoms with Gasteiger partial charge in [-0.1, -0.05) is 52.8 Å². The van der Waals surface area contributed by atoms with Crippen LogP contribution in [-0.4, -0.2) is 31.1 Å². The first kappa shape index (κ1) is 25.2. The highest BCUT2D eigenvalue weighted by Crippen LogP contribution is 2.42. The molecular weight excluding hydrogens is 462 g/mol. The van der Waals surface area contributed by atoms with Gasteiger partial charge in [0.1, 0.15) is 0 Å². The summed E-state index contributed by atoms with van der Waals surface area (Å²) < 4.78 is 3.49. The predicted molar refractivity (Wildman–Crippen MR) is 148 cm³/mol. The zero-order valence-corrected chi connectivity index (χ0v) is 22.7. The third kappa shape index (κ3) is 4.79. The van der Waals surface area contributed by atoms with Gasteiger partial charge in [0.05, 0.1) is 16.6 Å². The SMILES string of the molecule is Cn1c(=O)n(CC(C)(C)C)c2ccc(C3CCC(C)(C)C(NC(=O)c4cccc5cccnc45)C3)nc21. The van der Waals surface area contributed by atoms with Crippen LogP contribution in [0.3, 0.4) is 0 Å². The van der Waals surface area contributed by atoms with Crippen molar-refractivity contribution in [3.63, 3.8) is 0 Å². The number of hydrogen-bond donors (Lipinski definition) is 1. The molecule has 1 N–H and O–H groups in total. The molecule has 2 unspecified atom stereocenters. The maximum atomic E-state index is 13.4. The van der Waals surface area contributed by atoms with Crippen LogP contribution in [0.2, 0.25) is 0 Å². The summed E-state index contributed by atoms with van der Waals surface area (Å²) >= 11 is 0. The van der Waals surface area contributed by atoms with Crippen molar-refractivity contribution in [1.82, 2.24) is 24.4 Å². The minimum absolute atomic E-state index is 0.00970. The molecular formula is C30H37N5O2. The van der Waals surface area contributed by atoms with Gasteiger partial charge in [-0.25, -0.2) is 9.78 Å². The van der Waals surface area contributed by atoms with Crippen LogP contribution >= 0.6 is 0 Å². The zero-order chi connectivity index (χ0) is 26.5. The molecule has 37 heavy (non-hydrogen) atoms. The summed E-state index contributed by atoms with van der Waals surface area (Å²) in [6.07, 6.45) is 4.49. The Labute approximate surface area is 217 Å². The van der Waals surface area contributed by atoms with Crippen LogP contribution in [0.4, 0.5) is 0 Å². The van der Waals surface area contributed by atoms with E-state index in [1.54, 1.807) is 17.8 Å². The first-order valence-electron chi connectivity index (χ1n) is 13.2. The summed E-state index contributed by atoms with van der Waals surface area (Å²) in [5.74, 6) is 0.113. The highest BCUT2D eigenvalue weighted by atomic mass is 16.2. The van der Waals surface area contributed by atoms with Gasteiger partial charge in [-0.3, -0.25) is 18.9 Å². The summed E-state index contributed by atoms with van der Waals surface area (Å²) in [6.45, 7) is 11.5. The summed E-state index contributed by atoms with van der Waals surface area (Å²) in [5.41, 5.74) is 3.81. The van der Waals surface area contributed by atoms with Crippen molar-refractivity contribution in [1.29, 1.82) is 0 Å². The maximum Gasteiger partial charge on any atom is 0.330 e. The van der Waals surface area contributed by atoms with Gasteiger partial charge in [0, 0.05) is 42.8 Å². The molecule has 3 heterocycles. The van der Waals surface area contributed by atoms with Crippen molar-refractivity contribution in [2.75, 3.05) is 0 Å². The Morgan fingerprint density at radius 3 is 2.65 bits per heavy atom. The molecule has 0 bridgehead atoms. The molecule has 7 nitrogen and oxygen atoms in total. The van der Waals surface area contributed by atoms with E-state index in [2.05, 4.69) is 51.0 Å². The molecule has 5 rings (SSSR count). The lowest BCUT2D eigenvalue weighted by Gasteiger charge is -2.42. The third-order valence-electron chi connectivity index (χ3n) is 7.84. The standard InChI is InChI=1S/C30H37N5O2/c1-29(2,3)18-35-23-13-12-22(32-26(23)34(6)28(35)37)20-14-15-30(4,5)24(17-20)33-27(36)21-11-7-9-19-10-8-16-31-25(19)21/h7-13,16,20,24H,14-15,17-18H2,1-6H3,(H,33,36). The fourth-order valence-corrected chi connectivity index (χ4v) is 5.63. The van der Waals surface area contributed by atoms with E-state index in [0.29, 0.717) is 12.1 Å². The molecule has 0 spiro atoms. The van der Waals surface area contributed by atoms with Crippen molar-refractivity contribution >= 4 is 28.0 Å². The number of para-hydroxylation sites is 1. The smallest absolute Gasteiger partial charge is 0.330 e. The lowest BCUT2D eigenvalue weighted by atomic mass is 9.68. The van der Waals surface area contributed by atoms with Crippen LogP contribution in [0.25, 0.3) is 22.1 Å². The minimum atomic E-state index is -0.0897. The number of fused-ring (bicyclic) bond motifs is 2. The monoisotopic (exact) mass is 499 g/mol. The number of aromatic nitrogens is 4. The van der Waals surface area contributed by atoms with Gasteiger partial charge in [-0.15, -0.1) is 0 Å². The van der Waals surface area contributed by atoms with E-state index in [1.807, 2.05) is 41.0 Å². The van der Waals surface area contributed by atoms with Gasteiger partial charge in [0.2, 0.25) is 0 Å². The van der Waals surface area contributed by atoms with Gasteiger partial charge < -0.3 is 5.32 Å². The number of hydrogen-bond acceptors (Lipinski definition) is 4. The molecule has 1 aliphatic carbocycles. The van der Waals surface area contributed by atoms with E-state index in [4.69, 9.17) is 4.98 Å². The Morgan fingerprint density at radius 2 is 1.89 bits per heavy atom. The predicted octanol–water partition coefficient (Wildman–Crippen LogP) is 5.42. The number of carbonyl (C=O) groups is 1. The van der Waals surface area contributed by atoms with E-state index in [9.17, 15) is 9.59 Å². The Morgan fingerprint density at radius 1 is 1.14 bits per heavy atom. The fourth-order valence-electron chi connectivity index (χ4n) is 5.63. The topological polar surface area (TPSA) is 81.8 Å². The van der Waals surface area contributed by atoms with Crippen molar-refractivity contribution < 1.29 is 4.79 Å². The average Bonchev–Trinajstić information content (AvgIpc) is 3.08. The molecule has 3 aromatic heterocycles. The highest BCUT2D eigenvalue weighted by molar-refractivity contribution is 6.05. The number of benzene rings is 1. The van der Waals surface area contributed by atoms with E-state index in [-0.39, 0.29) is 34.4 Å². The average molecular weight is 500 g/mol. The molecule has 2 atom stereocenters. The Hall–Kier alpha value is -3.48. The second-order valence-corrected chi connectivity index (χ2v) is 12.4. The molecule has 7 heteroatoms. The molecule has 1 fully saturated rings. The molecule has 4 aromatic rings. The maximum absolute atomic E-state index is 13.4. The van der Waals surface area contributed by atoms with Gasteiger partial charge in [0.25, 0.3) is 5.91 Å². The lowest BCUT2D eigenvalue weighted by Crippen LogP contribution is -2.48. The first-order valence-corrected chi connectivity index (χ1v) is 13.2. The zero-order valence-electron chi connectivity index (χ0n) is 22.7. The molecule has 194 valence electrons. The molecule has 1 aliphatic rings. The van der Waals surface area contributed by atoms with Crippen LogP contribution < -0.4 is 11.0 Å². The number of amides is 1. The Kier molecular flexibility index (Phi) is 6.21. The van der Waals surface area contributed by atoms with Crippen LogP contribution in [-0.2, 0) is 13.6 Å². The largest absolute Gasteiger partial charge is 0.349 e. The molecule has 0 radical (unpaired) electrons. The van der Waals surface area contributed by atoms with Crippen LogP contribution in [0, 0.1) is 10.8 Å². The van der Waals surface area contributed by atoms with Gasteiger partial charge in [-0.05, 0) is 54.4 Å².